The van der Waals surface area contributed by atoms with Crippen molar-refractivity contribution in [3.8, 4) is 17.2 Å². The number of amides is 1. The third kappa shape index (κ3) is 4.59. The largest absolute Gasteiger partial charge is 0.497 e. The molecule has 5 rings (SSSR count). The fraction of sp³-hybridized carbons (Fsp3) is 0.296. The summed E-state index contributed by atoms with van der Waals surface area (Å²) < 4.78 is 21.9. The number of fused-ring (bicyclic) bond motifs is 1. The van der Waals surface area contributed by atoms with E-state index in [-0.39, 0.29) is 19.2 Å². The standard InChI is InChI=1S/C27H24ClNO8S/c1-34-12-21(30)29-24(15-6-7-17-18(11-15)37-13-36-17)23(26(31)19-8-9-20(28)38-19)22(25(29)27(32)33)14-4-3-5-16(10-14)35-2/h3-11,22-25H,12-13H2,1-2H3,(H,32,33). The first-order valence-corrected chi connectivity index (χ1v) is 12.9. The van der Waals surface area contributed by atoms with Gasteiger partial charge in [0.05, 0.1) is 28.3 Å². The summed E-state index contributed by atoms with van der Waals surface area (Å²) in [5.41, 5.74) is 1.09. The lowest BCUT2D eigenvalue weighted by molar-refractivity contribution is -0.151. The smallest absolute Gasteiger partial charge is 0.327 e. The summed E-state index contributed by atoms with van der Waals surface area (Å²) in [6, 6.07) is 12.9. The fourth-order valence-electron chi connectivity index (χ4n) is 5.31. The van der Waals surface area contributed by atoms with Crippen molar-refractivity contribution in [1.29, 1.82) is 0 Å². The van der Waals surface area contributed by atoms with E-state index in [1.54, 1.807) is 54.6 Å². The molecule has 1 saturated heterocycles. The molecule has 2 aliphatic heterocycles. The highest BCUT2D eigenvalue weighted by Crippen LogP contribution is 2.53. The van der Waals surface area contributed by atoms with Crippen LogP contribution in [0.15, 0.2) is 54.6 Å². The van der Waals surface area contributed by atoms with Crippen LogP contribution in [0, 0.1) is 5.92 Å². The highest BCUT2D eigenvalue weighted by atomic mass is 35.5. The molecule has 11 heteroatoms. The maximum atomic E-state index is 14.2. The Labute approximate surface area is 227 Å². The van der Waals surface area contributed by atoms with Crippen molar-refractivity contribution in [3.05, 3.63) is 74.9 Å². The van der Waals surface area contributed by atoms with Gasteiger partial charge in [-0.15, -0.1) is 11.3 Å². The molecule has 1 aromatic heterocycles. The summed E-state index contributed by atoms with van der Waals surface area (Å²) in [5, 5.41) is 10.5. The molecular weight excluding hydrogens is 534 g/mol. The Morgan fingerprint density at radius 3 is 2.53 bits per heavy atom. The third-order valence-corrected chi connectivity index (χ3v) is 8.06. The predicted octanol–water partition coefficient (Wildman–Crippen LogP) is 4.40. The summed E-state index contributed by atoms with van der Waals surface area (Å²) in [7, 11) is 2.86. The summed E-state index contributed by atoms with van der Waals surface area (Å²) in [4.78, 5) is 42.2. The second-order valence-electron chi connectivity index (χ2n) is 8.87. The van der Waals surface area contributed by atoms with Crippen LogP contribution < -0.4 is 14.2 Å². The van der Waals surface area contributed by atoms with Crippen molar-refractivity contribution < 1.29 is 38.4 Å². The van der Waals surface area contributed by atoms with Crippen LogP contribution in [-0.4, -0.2) is 61.3 Å². The molecule has 9 nitrogen and oxygen atoms in total. The summed E-state index contributed by atoms with van der Waals surface area (Å²) in [6.07, 6.45) is 0. The number of benzene rings is 2. The number of methoxy groups -OCH3 is 2. The number of aliphatic carboxylic acids is 1. The minimum atomic E-state index is -1.37. The molecule has 198 valence electrons. The third-order valence-electron chi connectivity index (χ3n) is 6.81. The Bertz CT molecular complexity index is 1390. The Balaban J connectivity index is 1.75. The molecule has 0 saturated carbocycles. The fourth-order valence-corrected chi connectivity index (χ4v) is 6.34. The maximum absolute atomic E-state index is 14.2. The van der Waals surface area contributed by atoms with Gasteiger partial charge in [0.2, 0.25) is 12.7 Å². The van der Waals surface area contributed by atoms with Crippen molar-refractivity contribution >= 4 is 40.6 Å². The number of nitrogens with zero attached hydrogens (tertiary/aromatic N) is 1. The van der Waals surface area contributed by atoms with E-state index in [0.29, 0.717) is 37.6 Å². The number of carboxylic acid groups (broad SMARTS) is 1. The van der Waals surface area contributed by atoms with Gasteiger partial charge in [-0.3, -0.25) is 9.59 Å². The number of Topliss-reactive ketones (excluding diaryl/α,β-unsaturated/α-hetero) is 1. The van der Waals surface area contributed by atoms with E-state index in [1.807, 2.05) is 0 Å². The molecule has 0 radical (unpaired) electrons. The van der Waals surface area contributed by atoms with E-state index in [4.69, 9.17) is 30.5 Å². The molecule has 1 N–H and O–H groups in total. The van der Waals surface area contributed by atoms with Crippen LogP contribution in [0.5, 0.6) is 17.2 Å². The van der Waals surface area contributed by atoms with Crippen LogP contribution in [0.4, 0.5) is 0 Å². The van der Waals surface area contributed by atoms with E-state index in [2.05, 4.69) is 0 Å². The highest BCUT2D eigenvalue weighted by molar-refractivity contribution is 7.18. The average Bonchev–Trinajstić information content (AvgIpc) is 3.64. The zero-order valence-electron chi connectivity index (χ0n) is 20.5. The van der Waals surface area contributed by atoms with Crippen molar-refractivity contribution in [1.82, 2.24) is 4.90 Å². The molecule has 1 fully saturated rings. The zero-order chi connectivity index (χ0) is 27.0. The van der Waals surface area contributed by atoms with E-state index in [1.165, 1.54) is 19.1 Å². The molecule has 0 spiro atoms. The molecule has 3 aromatic rings. The van der Waals surface area contributed by atoms with Crippen molar-refractivity contribution in [2.75, 3.05) is 27.6 Å². The lowest BCUT2D eigenvalue weighted by Crippen LogP contribution is -2.45. The lowest BCUT2D eigenvalue weighted by Gasteiger charge is -2.30. The van der Waals surface area contributed by atoms with Gasteiger partial charge in [-0.1, -0.05) is 29.8 Å². The number of carbonyl (C=O) groups is 3. The van der Waals surface area contributed by atoms with Crippen LogP contribution in [0.25, 0.3) is 0 Å². The number of rotatable bonds is 8. The molecule has 0 bridgehead atoms. The van der Waals surface area contributed by atoms with Gasteiger partial charge < -0.3 is 29.0 Å². The van der Waals surface area contributed by atoms with Crippen molar-refractivity contribution in [3.63, 3.8) is 0 Å². The molecule has 2 aromatic carbocycles. The molecule has 4 atom stereocenters. The molecule has 2 aliphatic rings. The van der Waals surface area contributed by atoms with Gasteiger partial charge in [-0.2, -0.15) is 0 Å². The Morgan fingerprint density at radius 2 is 1.84 bits per heavy atom. The van der Waals surface area contributed by atoms with Gasteiger partial charge in [0.1, 0.15) is 18.4 Å². The minimum Gasteiger partial charge on any atom is -0.497 e. The Kier molecular flexibility index (Phi) is 7.29. The number of carbonyl (C=O) groups excluding carboxylic acids is 2. The van der Waals surface area contributed by atoms with Crippen molar-refractivity contribution in [2.45, 2.75) is 18.0 Å². The monoisotopic (exact) mass is 557 g/mol. The van der Waals surface area contributed by atoms with E-state index in [0.717, 1.165) is 11.3 Å². The summed E-state index contributed by atoms with van der Waals surface area (Å²) >= 11 is 7.27. The normalized spacial score (nSPS) is 21.9. The number of halogens is 1. The Morgan fingerprint density at radius 1 is 1.05 bits per heavy atom. The van der Waals surface area contributed by atoms with Gasteiger partial charge in [0.15, 0.2) is 17.3 Å². The molecule has 0 aliphatic carbocycles. The maximum Gasteiger partial charge on any atom is 0.327 e. The number of thiophene rings is 1. The second kappa shape index (κ2) is 10.6. The van der Waals surface area contributed by atoms with Gasteiger partial charge in [-0.25, -0.2) is 4.79 Å². The number of ketones is 1. The number of ether oxygens (including phenoxy) is 4. The van der Waals surface area contributed by atoms with Gasteiger partial charge in [-0.05, 0) is 47.5 Å². The van der Waals surface area contributed by atoms with Gasteiger partial charge in [0.25, 0.3) is 0 Å². The van der Waals surface area contributed by atoms with E-state index in [9.17, 15) is 19.5 Å². The molecule has 38 heavy (non-hydrogen) atoms. The van der Waals surface area contributed by atoms with Crippen LogP contribution >= 0.6 is 22.9 Å². The first-order valence-electron chi connectivity index (χ1n) is 11.7. The second-order valence-corrected chi connectivity index (χ2v) is 10.6. The van der Waals surface area contributed by atoms with Crippen LogP contribution in [0.1, 0.15) is 32.8 Å². The number of likely N-dealkylation sites (tertiary alicyclic amines) is 1. The van der Waals surface area contributed by atoms with E-state index >= 15 is 0 Å². The topological polar surface area (TPSA) is 112 Å². The average molecular weight is 558 g/mol. The zero-order valence-corrected chi connectivity index (χ0v) is 22.0. The number of hydrogen-bond acceptors (Lipinski definition) is 8. The number of carboxylic acids is 1. The van der Waals surface area contributed by atoms with Gasteiger partial charge >= 0.3 is 5.97 Å². The highest BCUT2D eigenvalue weighted by Gasteiger charge is 2.58. The predicted molar refractivity (Wildman–Crippen MR) is 138 cm³/mol. The Hall–Kier alpha value is -3.60. The van der Waals surface area contributed by atoms with Crippen molar-refractivity contribution in [2.24, 2.45) is 5.92 Å². The van der Waals surface area contributed by atoms with Gasteiger partial charge in [0, 0.05) is 13.0 Å². The number of hydrogen-bond donors (Lipinski definition) is 1. The van der Waals surface area contributed by atoms with Crippen LogP contribution in [0.3, 0.4) is 0 Å². The van der Waals surface area contributed by atoms with Crippen LogP contribution in [-0.2, 0) is 14.3 Å². The summed E-state index contributed by atoms with van der Waals surface area (Å²) in [6.45, 7) is -0.322. The first kappa shape index (κ1) is 26.0. The van der Waals surface area contributed by atoms with Crippen LogP contribution in [0.2, 0.25) is 4.34 Å². The molecule has 3 heterocycles. The quantitative estimate of drug-likeness (QED) is 0.406. The minimum absolute atomic E-state index is 0.0377. The molecule has 1 amide bonds. The molecular formula is C27H24ClNO8S. The molecule has 4 unspecified atom stereocenters. The lowest BCUT2D eigenvalue weighted by atomic mass is 9.77. The summed E-state index contributed by atoms with van der Waals surface area (Å²) in [5.74, 6) is -2.54. The SMILES string of the molecule is COCC(=O)N1C(C(=O)O)C(c2cccc(OC)c2)C(C(=O)c2ccc(Cl)s2)C1c1ccc2c(c1)OCO2. The first-order chi connectivity index (χ1) is 18.3. The van der Waals surface area contributed by atoms with E-state index < -0.39 is 35.8 Å².